The number of rotatable bonds is 5. The number of pyridine rings is 1. The number of halogens is 2. The van der Waals surface area contributed by atoms with Crippen LogP contribution in [0.3, 0.4) is 0 Å². The number of hydrogen-bond acceptors (Lipinski definition) is 2. The molecule has 122 valence electrons. The van der Waals surface area contributed by atoms with Crippen LogP contribution in [-0.2, 0) is 6.42 Å². The predicted molar refractivity (Wildman–Crippen MR) is 84.0 cm³/mol. The van der Waals surface area contributed by atoms with Crippen LogP contribution in [0.4, 0.5) is 13.6 Å². The van der Waals surface area contributed by atoms with E-state index in [9.17, 15) is 13.6 Å². The van der Waals surface area contributed by atoms with Gasteiger partial charge in [0.05, 0.1) is 6.04 Å². The van der Waals surface area contributed by atoms with Crippen molar-refractivity contribution in [1.82, 2.24) is 15.6 Å². The number of carbonyl (C=O) groups excluding carboxylic acids is 1. The highest BCUT2D eigenvalue weighted by molar-refractivity contribution is 5.74. The fourth-order valence-corrected chi connectivity index (χ4v) is 2.21. The normalized spacial score (nSPS) is 11.8. The Morgan fingerprint density at radius 2 is 2.04 bits per heavy atom. The lowest BCUT2D eigenvalue weighted by Gasteiger charge is -2.15. The van der Waals surface area contributed by atoms with Crippen LogP contribution in [0.25, 0.3) is 0 Å². The molecule has 4 nitrogen and oxygen atoms in total. The van der Waals surface area contributed by atoms with Crippen molar-refractivity contribution in [2.24, 2.45) is 0 Å². The minimum atomic E-state index is -0.926. The summed E-state index contributed by atoms with van der Waals surface area (Å²) in [6.45, 7) is 4.15. The van der Waals surface area contributed by atoms with Gasteiger partial charge >= 0.3 is 6.03 Å². The average Bonchev–Trinajstić information content (AvgIpc) is 2.51. The molecular formula is C17H19F2N3O. The number of urea groups is 1. The molecule has 0 spiro atoms. The van der Waals surface area contributed by atoms with Crippen molar-refractivity contribution in [2.75, 3.05) is 6.54 Å². The van der Waals surface area contributed by atoms with Gasteiger partial charge in [0.1, 0.15) is 0 Å². The molecule has 0 aliphatic rings. The second-order valence-corrected chi connectivity index (χ2v) is 5.35. The Morgan fingerprint density at radius 1 is 1.26 bits per heavy atom. The van der Waals surface area contributed by atoms with E-state index in [2.05, 4.69) is 15.6 Å². The maximum atomic E-state index is 13.2. The van der Waals surface area contributed by atoms with Crippen molar-refractivity contribution < 1.29 is 13.6 Å². The van der Waals surface area contributed by atoms with E-state index < -0.39 is 17.7 Å². The third-order valence-electron chi connectivity index (χ3n) is 3.61. The van der Waals surface area contributed by atoms with Gasteiger partial charge in [-0.1, -0.05) is 6.07 Å². The first-order valence-electron chi connectivity index (χ1n) is 7.36. The van der Waals surface area contributed by atoms with E-state index in [-0.39, 0.29) is 6.03 Å². The van der Waals surface area contributed by atoms with Gasteiger partial charge in [0, 0.05) is 18.9 Å². The zero-order valence-corrected chi connectivity index (χ0v) is 13.1. The van der Waals surface area contributed by atoms with Crippen molar-refractivity contribution in [3.8, 4) is 0 Å². The molecule has 1 aromatic heterocycles. The number of nitrogens with zero attached hydrogens (tertiary/aromatic N) is 1. The van der Waals surface area contributed by atoms with Gasteiger partial charge in [0.25, 0.3) is 0 Å². The van der Waals surface area contributed by atoms with Gasteiger partial charge in [-0.05, 0) is 55.2 Å². The molecule has 0 aliphatic carbocycles. The molecule has 1 heterocycles. The topological polar surface area (TPSA) is 54.0 Å². The van der Waals surface area contributed by atoms with Crippen LogP contribution in [-0.4, -0.2) is 17.6 Å². The highest BCUT2D eigenvalue weighted by Crippen LogP contribution is 2.15. The van der Waals surface area contributed by atoms with Crippen LogP contribution in [0.15, 0.2) is 36.7 Å². The SMILES string of the molecule is Cc1cnccc1CCNC(=O)N[C@H](C)c1ccc(F)c(F)c1. The van der Waals surface area contributed by atoms with Gasteiger partial charge < -0.3 is 10.6 Å². The second-order valence-electron chi connectivity index (χ2n) is 5.35. The average molecular weight is 319 g/mol. The molecule has 1 atom stereocenters. The summed E-state index contributed by atoms with van der Waals surface area (Å²) in [6.07, 6.45) is 4.19. The van der Waals surface area contributed by atoms with Crippen molar-refractivity contribution in [3.05, 3.63) is 65.0 Å². The van der Waals surface area contributed by atoms with Gasteiger partial charge in [0.2, 0.25) is 0 Å². The van der Waals surface area contributed by atoms with Crippen LogP contribution in [0.1, 0.15) is 29.7 Å². The minimum absolute atomic E-state index is 0.353. The van der Waals surface area contributed by atoms with Crippen LogP contribution in [0, 0.1) is 18.6 Å². The highest BCUT2D eigenvalue weighted by atomic mass is 19.2. The third-order valence-corrected chi connectivity index (χ3v) is 3.61. The summed E-state index contributed by atoms with van der Waals surface area (Å²) in [5, 5.41) is 5.44. The molecule has 2 aromatic rings. The molecule has 0 radical (unpaired) electrons. The largest absolute Gasteiger partial charge is 0.338 e. The van der Waals surface area contributed by atoms with Crippen molar-refractivity contribution in [1.29, 1.82) is 0 Å². The van der Waals surface area contributed by atoms with Gasteiger partial charge in [-0.2, -0.15) is 0 Å². The predicted octanol–water partition coefficient (Wildman–Crippen LogP) is 3.27. The molecular weight excluding hydrogens is 300 g/mol. The van der Waals surface area contributed by atoms with E-state index in [0.29, 0.717) is 18.5 Å². The summed E-state index contributed by atoms with van der Waals surface area (Å²) in [4.78, 5) is 15.9. The van der Waals surface area contributed by atoms with E-state index in [1.807, 2.05) is 13.0 Å². The molecule has 2 N–H and O–H groups in total. The zero-order valence-electron chi connectivity index (χ0n) is 13.1. The van der Waals surface area contributed by atoms with Crippen LogP contribution in [0.2, 0.25) is 0 Å². The standard InChI is InChI=1S/C17H19F2N3O/c1-11-10-20-7-5-13(11)6-8-21-17(23)22-12(2)14-3-4-15(18)16(19)9-14/h3-5,7,9-10,12H,6,8H2,1-2H3,(H2,21,22,23)/t12-/m1/s1. The molecule has 1 aromatic carbocycles. The minimum Gasteiger partial charge on any atom is -0.338 e. The van der Waals surface area contributed by atoms with E-state index in [4.69, 9.17) is 0 Å². The second kappa shape index (κ2) is 7.67. The van der Waals surface area contributed by atoms with E-state index in [0.717, 1.165) is 23.3 Å². The maximum absolute atomic E-state index is 13.2. The van der Waals surface area contributed by atoms with E-state index in [1.165, 1.54) is 6.07 Å². The Labute approximate surface area is 133 Å². The zero-order chi connectivity index (χ0) is 16.8. The summed E-state index contributed by atoms with van der Waals surface area (Å²) >= 11 is 0. The third kappa shape index (κ3) is 4.74. The lowest BCUT2D eigenvalue weighted by molar-refractivity contribution is 0.238. The summed E-state index contributed by atoms with van der Waals surface area (Å²) < 4.78 is 26.1. The summed E-state index contributed by atoms with van der Waals surface area (Å²) in [6, 6.07) is 4.72. The van der Waals surface area contributed by atoms with Crippen LogP contribution in [0.5, 0.6) is 0 Å². The Hall–Kier alpha value is -2.50. The number of hydrogen-bond donors (Lipinski definition) is 2. The molecule has 0 saturated carbocycles. The number of nitrogens with one attached hydrogen (secondary N) is 2. The van der Waals surface area contributed by atoms with E-state index >= 15 is 0 Å². The number of aromatic nitrogens is 1. The molecule has 2 amide bonds. The number of aryl methyl sites for hydroxylation is 1. The molecule has 0 bridgehead atoms. The Bertz CT molecular complexity index is 691. The Morgan fingerprint density at radius 3 is 2.74 bits per heavy atom. The lowest BCUT2D eigenvalue weighted by Crippen LogP contribution is -2.38. The maximum Gasteiger partial charge on any atom is 0.315 e. The molecule has 2 rings (SSSR count). The summed E-state index contributed by atoms with van der Waals surface area (Å²) in [7, 11) is 0. The van der Waals surface area contributed by atoms with Gasteiger partial charge in [0.15, 0.2) is 11.6 Å². The van der Waals surface area contributed by atoms with Gasteiger partial charge in [-0.15, -0.1) is 0 Å². The fraction of sp³-hybridized carbons (Fsp3) is 0.294. The molecule has 6 heteroatoms. The van der Waals surface area contributed by atoms with Crippen LogP contribution < -0.4 is 10.6 Å². The number of benzene rings is 1. The monoisotopic (exact) mass is 319 g/mol. The van der Waals surface area contributed by atoms with Crippen molar-refractivity contribution in [3.63, 3.8) is 0 Å². The van der Waals surface area contributed by atoms with Gasteiger partial charge in [-0.25, -0.2) is 13.6 Å². The first-order chi connectivity index (χ1) is 11.0. The highest BCUT2D eigenvalue weighted by Gasteiger charge is 2.11. The summed E-state index contributed by atoms with van der Waals surface area (Å²) in [5.41, 5.74) is 2.70. The van der Waals surface area contributed by atoms with Crippen molar-refractivity contribution >= 4 is 6.03 Å². The number of amides is 2. The molecule has 0 aliphatic heterocycles. The van der Waals surface area contributed by atoms with Crippen LogP contribution >= 0.6 is 0 Å². The first-order valence-corrected chi connectivity index (χ1v) is 7.36. The smallest absolute Gasteiger partial charge is 0.315 e. The molecule has 0 fully saturated rings. The van der Waals surface area contributed by atoms with Crippen molar-refractivity contribution in [2.45, 2.75) is 26.3 Å². The molecule has 0 saturated heterocycles. The lowest BCUT2D eigenvalue weighted by atomic mass is 10.1. The Kier molecular flexibility index (Phi) is 5.62. The first kappa shape index (κ1) is 16.9. The quantitative estimate of drug-likeness (QED) is 0.889. The van der Waals surface area contributed by atoms with Gasteiger partial charge in [-0.3, -0.25) is 4.98 Å². The molecule has 23 heavy (non-hydrogen) atoms. The number of carbonyl (C=O) groups is 1. The fourth-order valence-electron chi connectivity index (χ4n) is 2.21. The molecule has 0 unspecified atom stereocenters. The van der Waals surface area contributed by atoms with E-state index in [1.54, 1.807) is 19.3 Å². The Balaban J connectivity index is 1.82. The summed E-state index contributed by atoms with van der Waals surface area (Å²) in [5.74, 6) is -1.83.